The van der Waals surface area contributed by atoms with Gasteiger partial charge in [0.2, 0.25) is 17.7 Å². The molecule has 0 spiro atoms. The quantitative estimate of drug-likeness (QED) is 0.727. The minimum atomic E-state index is -0.0740. The number of nitrogens with one attached hydrogen (secondary N) is 1. The number of carbonyl (C=O) groups is 1. The predicted molar refractivity (Wildman–Crippen MR) is 94.3 cm³/mol. The second kappa shape index (κ2) is 7.18. The van der Waals surface area contributed by atoms with E-state index in [9.17, 15) is 4.79 Å². The minimum absolute atomic E-state index is 0.0740. The fourth-order valence-electron chi connectivity index (χ4n) is 3.14. The lowest BCUT2D eigenvalue weighted by Gasteiger charge is -2.14. The molecular formula is C17H19N5O2S. The molecule has 1 amide bonds. The third kappa shape index (κ3) is 3.63. The van der Waals surface area contributed by atoms with Crippen LogP contribution in [-0.2, 0) is 11.2 Å². The van der Waals surface area contributed by atoms with Gasteiger partial charge in [0.05, 0.1) is 12.2 Å². The Labute approximate surface area is 149 Å². The van der Waals surface area contributed by atoms with Crippen molar-refractivity contribution in [2.24, 2.45) is 0 Å². The van der Waals surface area contributed by atoms with Crippen molar-refractivity contribution >= 4 is 23.1 Å². The van der Waals surface area contributed by atoms with Gasteiger partial charge in [0, 0.05) is 29.9 Å². The first kappa shape index (κ1) is 16.0. The summed E-state index contributed by atoms with van der Waals surface area (Å²) in [6.07, 6.45) is 7.14. The number of carbonyl (C=O) groups excluding carboxylic acids is 1. The van der Waals surface area contributed by atoms with Gasteiger partial charge < -0.3 is 9.73 Å². The van der Waals surface area contributed by atoms with E-state index in [-0.39, 0.29) is 5.91 Å². The van der Waals surface area contributed by atoms with E-state index in [0.717, 1.165) is 24.2 Å². The van der Waals surface area contributed by atoms with Crippen LogP contribution in [-0.4, -0.2) is 25.9 Å². The average molecular weight is 357 g/mol. The van der Waals surface area contributed by atoms with Crippen molar-refractivity contribution in [1.82, 2.24) is 20.0 Å². The largest absolute Gasteiger partial charge is 0.421 e. The van der Waals surface area contributed by atoms with Crippen LogP contribution in [0.5, 0.6) is 0 Å². The summed E-state index contributed by atoms with van der Waals surface area (Å²) in [7, 11) is 0. The molecule has 1 fully saturated rings. The summed E-state index contributed by atoms with van der Waals surface area (Å²) in [4.78, 5) is 12.2. The summed E-state index contributed by atoms with van der Waals surface area (Å²) in [5.74, 6) is 1.66. The van der Waals surface area contributed by atoms with Crippen LogP contribution in [0.25, 0.3) is 11.5 Å². The van der Waals surface area contributed by atoms with Crippen molar-refractivity contribution in [2.75, 3.05) is 5.32 Å². The first-order valence-corrected chi connectivity index (χ1v) is 9.42. The van der Waals surface area contributed by atoms with E-state index in [1.165, 1.54) is 12.8 Å². The third-order valence-electron chi connectivity index (χ3n) is 4.41. The third-order valence-corrected chi connectivity index (χ3v) is 5.09. The van der Waals surface area contributed by atoms with Crippen LogP contribution < -0.4 is 5.32 Å². The van der Waals surface area contributed by atoms with Gasteiger partial charge in [-0.25, -0.2) is 4.68 Å². The van der Waals surface area contributed by atoms with Crippen LogP contribution in [0.3, 0.4) is 0 Å². The highest BCUT2D eigenvalue weighted by atomic mass is 32.1. The molecule has 4 rings (SSSR count). The molecular weight excluding hydrogens is 338 g/mol. The molecule has 1 N–H and O–H groups in total. The number of aryl methyl sites for hydroxylation is 1. The van der Waals surface area contributed by atoms with Gasteiger partial charge >= 0.3 is 0 Å². The van der Waals surface area contributed by atoms with E-state index in [1.54, 1.807) is 17.5 Å². The van der Waals surface area contributed by atoms with E-state index in [1.807, 2.05) is 27.6 Å². The Hall–Kier alpha value is -2.48. The van der Waals surface area contributed by atoms with E-state index in [4.69, 9.17) is 4.42 Å². The van der Waals surface area contributed by atoms with Crippen molar-refractivity contribution < 1.29 is 9.21 Å². The molecule has 1 aliphatic rings. The number of hydrogen-bond acceptors (Lipinski definition) is 6. The summed E-state index contributed by atoms with van der Waals surface area (Å²) in [6.45, 7) is 0. The SMILES string of the molecule is O=C(CCc1nnc(-c2ccsc2)o1)Nc1ccnn1C1CCCC1. The number of nitrogens with zero attached hydrogens (tertiary/aromatic N) is 4. The highest BCUT2D eigenvalue weighted by Crippen LogP contribution is 2.31. The average Bonchev–Trinajstić information content (AvgIpc) is 3.40. The second-order valence-electron chi connectivity index (χ2n) is 6.16. The van der Waals surface area contributed by atoms with Gasteiger partial charge in [-0.3, -0.25) is 4.79 Å². The fraction of sp³-hybridized carbons (Fsp3) is 0.412. The number of amides is 1. The predicted octanol–water partition coefficient (Wildman–Crippen LogP) is 3.68. The number of thiophene rings is 1. The molecule has 1 saturated carbocycles. The smallest absolute Gasteiger partial charge is 0.248 e. The number of anilines is 1. The van der Waals surface area contributed by atoms with E-state index < -0.39 is 0 Å². The molecule has 3 aromatic rings. The Morgan fingerprint density at radius 3 is 3.00 bits per heavy atom. The molecule has 8 heteroatoms. The zero-order valence-electron chi connectivity index (χ0n) is 13.7. The fourth-order valence-corrected chi connectivity index (χ4v) is 3.77. The highest BCUT2D eigenvalue weighted by molar-refractivity contribution is 7.08. The minimum Gasteiger partial charge on any atom is -0.421 e. The van der Waals surface area contributed by atoms with Gasteiger partial charge in [-0.15, -0.1) is 10.2 Å². The Morgan fingerprint density at radius 1 is 1.32 bits per heavy atom. The van der Waals surface area contributed by atoms with Crippen molar-refractivity contribution in [1.29, 1.82) is 0 Å². The van der Waals surface area contributed by atoms with Crippen LogP contribution in [0.4, 0.5) is 5.82 Å². The summed E-state index contributed by atoms with van der Waals surface area (Å²) in [5.41, 5.74) is 0.911. The van der Waals surface area contributed by atoms with Crippen LogP contribution in [0, 0.1) is 0 Å². The van der Waals surface area contributed by atoms with Gasteiger partial charge in [-0.1, -0.05) is 12.8 Å². The molecule has 3 aromatic heterocycles. The van der Waals surface area contributed by atoms with Gasteiger partial charge in [0.1, 0.15) is 5.82 Å². The lowest BCUT2D eigenvalue weighted by molar-refractivity contribution is -0.116. The summed E-state index contributed by atoms with van der Waals surface area (Å²) in [5, 5.41) is 19.3. The number of aromatic nitrogens is 4. The molecule has 0 aromatic carbocycles. The molecule has 25 heavy (non-hydrogen) atoms. The molecule has 0 saturated heterocycles. The summed E-state index contributed by atoms with van der Waals surface area (Å²) in [6, 6.07) is 4.17. The maximum atomic E-state index is 12.2. The molecule has 0 unspecified atom stereocenters. The van der Waals surface area contributed by atoms with Crippen LogP contribution >= 0.6 is 11.3 Å². The van der Waals surface area contributed by atoms with E-state index in [0.29, 0.717) is 30.7 Å². The zero-order chi connectivity index (χ0) is 17.1. The molecule has 130 valence electrons. The van der Waals surface area contributed by atoms with E-state index in [2.05, 4.69) is 20.6 Å². The standard InChI is InChI=1S/C17H19N5O2S/c23-15(19-14-7-9-18-22(14)13-3-1-2-4-13)5-6-16-20-21-17(24-16)12-8-10-25-11-12/h7-11,13H,1-6H2,(H,19,23). The monoisotopic (exact) mass is 357 g/mol. The Balaban J connectivity index is 1.33. The lowest BCUT2D eigenvalue weighted by atomic mass is 10.2. The van der Waals surface area contributed by atoms with Crippen molar-refractivity contribution in [3.05, 3.63) is 35.0 Å². The first-order valence-electron chi connectivity index (χ1n) is 8.48. The Kier molecular flexibility index (Phi) is 4.60. The van der Waals surface area contributed by atoms with Gasteiger partial charge in [-0.2, -0.15) is 16.4 Å². The number of hydrogen-bond donors (Lipinski definition) is 1. The maximum Gasteiger partial charge on any atom is 0.248 e. The second-order valence-corrected chi connectivity index (χ2v) is 6.94. The molecule has 0 radical (unpaired) electrons. The summed E-state index contributed by atoms with van der Waals surface area (Å²) < 4.78 is 7.54. The Morgan fingerprint density at radius 2 is 2.20 bits per heavy atom. The topological polar surface area (TPSA) is 85.8 Å². The van der Waals surface area contributed by atoms with Gasteiger partial charge in [0.25, 0.3) is 0 Å². The van der Waals surface area contributed by atoms with Crippen LogP contribution in [0.15, 0.2) is 33.5 Å². The zero-order valence-corrected chi connectivity index (χ0v) is 14.5. The Bertz CT molecular complexity index is 833. The molecule has 0 bridgehead atoms. The van der Waals surface area contributed by atoms with Crippen LogP contribution in [0.2, 0.25) is 0 Å². The van der Waals surface area contributed by atoms with E-state index >= 15 is 0 Å². The lowest BCUT2D eigenvalue weighted by Crippen LogP contribution is -2.18. The van der Waals surface area contributed by atoms with Crippen molar-refractivity contribution in [3.63, 3.8) is 0 Å². The number of rotatable bonds is 6. The maximum absolute atomic E-state index is 12.2. The van der Waals surface area contributed by atoms with Gasteiger partial charge in [0.15, 0.2) is 0 Å². The van der Waals surface area contributed by atoms with Crippen molar-refractivity contribution in [3.8, 4) is 11.5 Å². The molecule has 0 aliphatic heterocycles. The van der Waals surface area contributed by atoms with Gasteiger partial charge in [-0.05, 0) is 24.3 Å². The molecule has 0 atom stereocenters. The summed E-state index contributed by atoms with van der Waals surface area (Å²) >= 11 is 1.58. The van der Waals surface area contributed by atoms with Crippen molar-refractivity contribution in [2.45, 2.75) is 44.6 Å². The highest BCUT2D eigenvalue weighted by Gasteiger charge is 2.20. The normalized spacial score (nSPS) is 14.9. The van der Waals surface area contributed by atoms with Crippen LogP contribution in [0.1, 0.15) is 44.0 Å². The molecule has 3 heterocycles. The molecule has 1 aliphatic carbocycles. The molecule has 7 nitrogen and oxygen atoms in total. The first-order chi connectivity index (χ1) is 12.3.